The highest BCUT2D eigenvalue weighted by atomic mass is 16.3. The van der Waals surface area contributed by atoms with Gasteiger partial charge in [-0.3, -0.25) is 0 Å². The van der Waals surface area contributed by atoms with Crippen LogP contribution in [0, 0.1) is 5.92 Å². The Morgan fingerprint density at radius 2 is 2.05 bits per heavy atom. The van der Waals surface area contributed by atoms with Gasteiger partial charge in [-0.2, -0.15) is 0 Å². The van der Waals surface area contributed by atoms with Gasteiger partial charge in [-0.25, -0.2) is 0 Å². The average Bonchev–Trinajstić information content (AvgIpc) is 2.79. The van der Waals surface area contributed by atoms with Crippen LogP contribution in [-0.4, -0.2) is 17.3 Å². The quantitative estimate of drug-likeness (QED) is 0.858. The molecule has 0 aliphatic heterocycles. The van der Waals surface area contributed by atoms with Crippen molar-refractivity contribution >= 4 is 0 Å². The molecule has 0 spiro atoms. The van der Waals surface area contributed by atoms with Crippen LogP contribution >= 0.6 is 0 Å². The van der Waals surface area contributed by atoms with Gasteiger partial charge in [0.2, 0.25) is 0 Å². The topological polar surface area (TPSA) is 46.2 Å². The molecule has 0 bridgehead atoms. The maximum absolute atomic E-state index is 11.4. The van der Waals surface area contributed by atoms with Crippen molar-refractivity contribution in [1.29, 1.82) is 0 Å². The number of benzene rings is 1. The fourth-order valence-corrected chi connectivity index (χ4v) is 4.63. The van der Waals surface area contributed by atoms with Crippen molar-refractivity contribution in [1.82, 2.24) is 0 Å². The molecule has 0 amide bonds. The van der Waals surface area contributed by atoms with E-state index in [0.29, 0.717) is 12.5 Å². The van der Waals surface area contributed by atoms with E-state index in [1.54, 1.807) is 0 Å². The summed E-state index contributed by atoms with van der Waals surface area (Å²) in [4.78, 5) is 0. The summed E-state index contributed by atoms with van der Waals surface area (Å²) < 4.78 is 0. The first-order valence-electron chi connectivity index (χ1n) is 7.65. The predicted molar refractivity (Wildman–Crippen MR) is 78.1 cm³/mol. The van der Waals surface area contributed by atoms with E-state index in [1.165, 1.54) is 11.1 Å². The van der Waals surface area contributed by atoms with Gasteiger partial charge in [0, 0.05) is 12.0 Å². The molecule has 3 rings (SSSR count). The minimum absolute atomic E-state index is 0.224. The summed E-state index contributed by atoms with van der Waals surface area (Å²) in [5.74, 6) is 0.349. The van der Waals surface area contributed by atoms with E-state index >= 15 is 0 Å². The molecule has 104 valence electrons. The summed E-state index contributed by atoms with van der Waals surface area (Å²) in [6.45, 7) is 2.76. The normalized spacial score (nSPS) is 38.2. The number of aliphatic hydroxyl groups is 1. The molecule has 0 aromatic heterocycles. The molecule has 3 unspecified atom stereocenters. The first-order chi connectivity index (χ1) is 9.14. The van der Waals surface area contributed by atoms with E-state index in [-0.39, 0.29) is 5.41 Å². The maximum atomic E-state index is 11.4. The Hall–Kier alpha value is -0.860. The Kier molecular flexibility index (Phi) is 3.18. The van der Waals surface area contributed by atoms with Crippen LogP contribution in [0.15, 0.2) is 24.3 Å². The van der Waals surface area contributed by atoms with E-state index < -0.39 is 5.60 Å². The molecule has 1 fully saturated rings. The highest BCUT2D eigenvalue weighted by Crippen LogP contribution is 2.53. The van der Waals surface area contributed by atoms with Crippen LogP contribution in [0.25, 0.3) is 0 Å². The standard InChI is InChI=1S/C17H25NO/c1-13-6-4-11-17(13,19)16(12-18)10-5-8-14-7-2-3-9-15(14)16/h2-3,7,9,13,19H,4-6,8,10-12,18H2,1H3. The number of aryl methyl sites for hydroxylation is 1. The molecule has 0 radical (unpaired) electrons. The van der Waals surface area contributed by atoms with Crippen molar-refractivity contribution in [3.8, 4) is 0 Å². The van der Waals surface area contributed by atoms with Gasteiger partial charge in [0.05, 0.1) is 5.60 Å². The van der Waals surface area contributed by atoms with Gasteiger partial charge < -0.3 is 10.8 Å². The zero-order valence-electron chi connectivity index (χ0n) is 11.9. The van der Waals surface area contributed by atoms with Crippen molar-refractivity contribution in [2.24, 2.45) is 11.7 Å². The molecule has 1 aromatic rings. The molecule has 2 aliphatic rings. The van der Waals surface area contributed by atoms with Gasteiger partial charge in [-0.15, -0.1) is 0 Å². The van der Waals surface area contributed by atoms with Crippen LogP contribution in [0.3, 0.4) is 0 Å². The fourth-order valence-electron chi connectivity index (χ4n) is 4.63. The van der Waals surface area contributed by atoms with Crippen LogP contribution in [0.2, 0.25) is 0 Å². The van der Waals surface area contributed by atoms with Crippen molar-refractivity contribution < 1.29 is 5.11 Å². The van der Waals surface area contributed by atoms with Gasteiger partial charge in [0.1, 0.15) is 0 Å². The van der Waals surface area contributed by atoms with E-state index in [2.05, 4.69) is 31.2 Å². The van der Waals surface area contributed by atoms with E-state index in [4.69, 9.17) is 5.73 Å². The second-order valence-electron chi connectivity index (χ2n) is 6.51. The fraction of sp³-hybridized carbons (Fsp3) is 0.647. The molecule has 1 saturated carbocycles. The Balaban J connectivity index is 2.15. The van der Waals surface area contributed by atoms with Gasteiger partial charge in [0.25, 0.3) is 0 Å². The Morgan fingerprint density at radius 3 is 2.74 bits per heavy atom. The van der Waals surface area contributed by atoms with E-state index in [0.717, 1.165) is 38.5 Å². The SMILES string of the molecule is CC1CCCC1(O)C1(CN)CCCc2ccccc21. The Bertz CT molecular complexity index is 472. The van der Waals surface area contributed by atoms with Gasteiger partial charge in [0.15, 0.2) is 0 Å². The van der Waals surface area contributed by atoms with Crippen LogP contribution in [0.1, 0.15) is 50.2 Å². The number of hydrogen-bond donors (Lipinski definition) is 2. The average molecular weight is 259 g/mol. The Morgan fingerprint density at radius 1 is 1.26 bits per heavy atom. The lowest BCUT2D eigenvalue weighted by atomic mass is 9.58. The molecule has 2 aliphatic carbocycles. The zero-order valence-corrected chi connectivity index (χ0v) is 11.9. The minimum atomic E-state index is -0.613. The van der Waals surface area contributed by atoms with Crippen LogP contribution in [0.5, 0.6) is 0 Å². The predicted octanol–water partition coefficient (Wildman–Crippen LogP) is 2.77. The van der Waals surface area contributed by atoms with Gasteiger partial charge >= 0.3 is 0 Å². The molecule has 2 nitrogen and oxygen atoms in total. The monoisotopic (exact) mass is 259 g/mol. The first kappa shape index (κ1) is 13.1. The number of nitrogens with two attached hydrogens (primary N) is 1. The second kappa shape index (κ2) is 4.60. The third-order valence-electron chi connectivity index (χ3n) is 5.77. The summed E-state index contributed by atoms with van der Waals surface area (Å²) in [6.07, 6.45) is 6.45. The largest absolute Gasteiger partial charge is 0.389 e. The molecule has 0 heterocycles. The van der Waals surface area contributed by atoms with Crippen molar-refractivity contribution in [2.75, 3.05) is 6.54 Å². The summed E-state index contributed by atoms with van der Waals surface area (Å²) in [7, 11) is 0. The molecular weight excluding hydrogens is 234 g/mol. The Labute approximate surface area is 116 Å². The molecule has 19 heavy (non-hydrogen) atoms. The zero-order chi connectivity index (χ0) is 13.5. The first-order valence-corrected chi connectivity index (χ1v) is 7.65. The van der Waals surface area contributed by atoms with Crippen molar-refractivity contribution in [3.63, 3.8) is 0 Å². The summed E-state index contributed by atoms with van der Waals surface area (Å²) in [6, 6.07) is 8.61. The number of fused-ring (bicyclic) bond motifs is 1. The van der Waals surface area contributed by atoms with Crippen molar-refractivity contribution in [3.05, 3.63) is 35.4 Å². The van der Waals surface area contributed by atoms with Crippen LogP contribution in [-0.2, 0) is 11.8 Å². The molecule has 3 N–H and O–H groups in total. The smallest absolute Gasteiger partial charge is 0.0781 e. The molecule has 0 saturated heterocycles. The van der Waals surface area contributed by atoms with E-state index in [9.17, 15) is 5.11 Å². The molecule has 1 aromatic carbocycles. The minimum Gasteiger partial charge on any atom is -0.389 e. The van der Waals surface area contributed by atoms with Crippen LogP contribution in [0.4, 0.5) is 0 Å². The van der Waals surface area contributed by atoms with Gasteiger partial charge in [-0.1, -0.05) is 37.6 Å². The van der Waals surface area contributed by atoms with Gasteiger partial charge in [-0.05, 0) is 49.1 Å². The van der Waals surface area contributed by atoms with E-state index in [1.807, 2.05) is 0 Å². The molecular formula is C17H25NO. The number of hydrogen-bond acceptors (Lipinski definition) is 2. The summed E-state index contributed by atoms with van der Waals surface area (Å²) in [5, 5.41) is 11.4. The second-order valence-corrected chi connectivity index (χ2v) is 6.51. The third-order valence-corrected chi connectivity index (χ3v) is 5.77. The highest BCUT2D eigenvalue weighted by Gasteiger charge is 2.56. The molecule has 2 heteroatoms. The highest BCUT2D eigenvalue weighted by molar-refractivity contribution is 5.41. The lowest BCUT2D eigenvalue weighted by Crippen LogP contribution is -2.58. The lowest BCUT2D eigenvalue weighted by molar-refractivity contribution is -0.0705. The maximum Gasteiger partial charge on any atom is 0.0781 e. The lowest BCUT2D eigenvalue weighted by Gasteiger charge is -2.50. The number of rotatable bonds is 2. The summed E-state index contributed by atoms with van der Waals surface area (Å²) in [5.41, 5.74) is 8.10. The molecule has 3 atom stereocenters. The third kappa shape index (κ3) is 1.70. The summed E-state index contributed by atoms with van der Waals surface area (Å²) >= 11 is 0. The van der Waals surface area contributed by atoms with Crippen molar-refractivity contribution in [2.45, 2.75) is 56.5 Å². The van der Waals surface area contributed by atoms with Crippen LogP contribution < -0.4 is 5.73 Å².